The zero-order chi connectivity index (χ0) is 7.52. The van der Waals surface area contributed by atoms with Crippen LogP contribution >= 0.6 is 7.92 Å². The summed E-state index contributed by atoms with van der Waals surface area (Å²) in [6.45, 7) is 4.20. The zero-order valence-electron chi connectivity index (χ0n) is 7.26. The summed E-state index contributed by atoms with van der Waals surface area (Å²) in [7, 11) is 0.496. The van der Waals surface area contributed by atoms with Gasteiger partial charge in [0.2, 0.25) is 0 Å². The average molecular weight is 171 g/mol. The molecule has 0 aromatic rings. The minimum Gasteiger partial charge on any atom is -0.303 e. The Morgan fingerprint density at radius 3 is 1.64 bits per heavy atom. The van der Waals surface area contributed by atoms with Crippen LogP contribution in [0.15, 0.2) is 0 Å². The third kappa shape index (κ3) is 2.16. The van der Waals surface area contributed by atoms with Gasteiger partial charge >= 0.3 is 0 Å². The molecule has 3 fully saturated rings. The fourth-order valence-electron chi connectivity index (χ4n) is 2.22. The molecule has 3 aliphatic heterocycles. The van der Waals surface area contributed by atoms with Gasteiger partial charge in [0, 0.05) is 0 Å². The fourth-order valence-corrected chi connectivity index (χ4v) is 4.66. The summed E-state index contributed by atoms with van der Waals surface area (Å²) < 4.78 is 0. The second-order valence-electron chi connectivity index (χ2n) is 3.74. The lowest BCUT2D eigenvalue weighted by Gasteiger charge is -2.32. The molecule has 3 heterocycles. The van der Waals surface area contributed by atoms with E-state index in [2.05, 4.69) is 4.90 Å². The summed E-state index contributed by atoms with van der Waals surface area (Å²) in [5.41, 5.74) is 0. The first-order valence-electron chi connectivity index (χ1n) is 4.90. The molecule has 3 aliphatic rings. The molecule has 0 atom stereocenters. The van der Waals surface area contributed by atoms with Crippen LogP contribution in [0.2, 0.25) is 0 Å². The van der Waals surface area contributed by atoms with E-state index < -0.39 is 0 Å². The van der Waals surface area contributed by atoms with Gasteiger partial charge in [-0.2, -0.15) is 0 Å². The van der Waals surface area contributed by atoms with Crippen molar-refractivity contribution in [2.75, 3.05) is 38.1 Å². The zero-order valence-corrected chi connectivity index (χ0v) is 8.15. The van der Waals surface area contributed by atoms with E-state index in [0.717, 1.165) is 0 Å². The Morgan fingerprint density at radius 1 is 0.727 bits per heavy atom. The van der Waals surface area contributed by atoms with Gasteiger partial charge < -0.3 is 4.90 Å². The van der Waals surface area contributed by atoms with E-state index in [4.69, 9.17) is 0 Å². The maximum atomic E-state index is 2.67. The molecule has 2 bridgehead atoms. The summed E-state index contributed by atoms with van der Waals surface area (Å²) in [4.78, 5) is 2.67. The molecule has 3 rings (SSSR count). The number of rotatable bonds is 0. The van der Waals surface area contributed by atoms with Gasteiger partial charge in [-0.05, 0) is 57.4 Å². The number of nitrogens with zero attached hydrogens (tertiary/aromatic N) is 1. The fraction of sp³-hybridized carbons (Fsp3) is 1.00. The topological polar surface area (TPSA) is 3.24 Å². The van der Waals surface area contributed by atoms with Crippen molar-refractivity contribution in [3.05, 3.63) is 0 Å². The summed E-state index contributed by atoms with van der Waals surface area (Å²) in [6.07, 6.45) is 9.20. The van der Waals surface area contributed by atoms with Crippen LogP contribution in [-0.2, 0) is 0 Å². The van der Waals surface area contributed by atoms with Crippen LogP contribution in [0.4, 0.5) is 0 Å². The van der Waals surface area contributed by atoms with Gasteiger partial charge in [0.15, 0.2) is 0 Å². The van der Waals surface area contributed by atoms with E-state index in [0.29, 0.717) is 7.92 Å². The van der Waals surface area contributed by atoms with E-state index in [9.17, 15) is 0 Å². The SMILES string of the molecule is C1CN2CCCP(C1)CCC2. The molecule has 0 aromatic carbocycles. The predicted molar refractivity (Wildman–Crippen MR) is 51.8 cm³/mol. The van der Waals surface area contributed by atoms with Gasteiger partial charge in [0.1, 0.15) is 0 Å². The van der Waals surface area contributed by atoms with Gasteiger partial charge in [-0.3, -0.25) is 0 Å². The van der Waals surface area contributed by atoms with Crippen molar-refractivity contribution >= 4 is 7.92 Å². The lowest BCUT2D eigenvalue weighted by atomic mass is 10.3. The van der Waals surface area contributed by atoms with Crippen molar-refractivity contribution in [3.63, 3.8) is 0 Å². The van der Waals surface area contributed by atoms with Crippen LogP contribution in [0.1, 0.15) is 19.3 Å². The lowest BCUT2D eigenvalue weighted by Crippen LogP contribution is -2.32. The van der Waals surface area contributed by atoms with Crippen LogP contribution in [0.5, 0.6) is 0 Å². The second-order valence-corrected chi connectivity index (χ2v) is 6.43. The Morgan fingerprint density at radius 2 is 1.18 bits per heavy atom. The molecular formula is C9H18NP. The van der Waals surface area contributed by atoms with Crippen LogP contribution < -0.4 is 0 Å². The Kier molecular flexibility index (Phi) is 2.82. The van der Waals surface area contributed by atoms with Gasteiger partial charge in [0.25, 0.3) is 0 Å². The summed E-state index contributed by atoms with van der Waals surface area (Å²) in [6, 6.07) is 0. The second kappa shape index (κ2) is 3.87. The highest BCUT2D eigenvalue weighted by Gasteiger charge is 2.17. The predicted octanol–water partition coefficient (Wildman–Crippen LogP) is 1.97. The first-order chi connectivity index (χ1) is 5.45. The third-order valence-electron chi connectivity index (χ3n) is 2.85. The Balaban J connectivity index is 1.96. The minimum atomic E-state index is 0.496. The monoisotopic (exact) mass is 171 g/mol. The summed E-state index contributed by atoms with van der Waals surface area (Å²) in [5.74, 6) is 0. The average Bonchev–Trinajstić information content (AvgIpc) is 1.80. The standard InChI is InChI=1S/C9H18NP/c1-4-10-5-2-8-11(7-1)9-3-6-10/h1-9H2. The molecule has 0 spiro atoms. The normalized spacial score (nSPS) is 39.3. The Labute approximate surface area is 70.9 Å². The molecule has 0 unspecified atom stereocenters. The molecule has 64 valence electrons. The molecule has 0 radical (unpaired) electrons. The number of fused-ring (bicyclic) bond motifs is 6. The van der Waals surface area contributed by atoms with E-state index in [-0.39, 0.29) is 0 Å². The van der Waals surface area contributed by atoms with Crippen molar-refractivity contribution in [2.24, 2.45) is 0 Å². The highest BCUT2D eigenvalue weighted by Crippen LogP contribution is 2.40. The largest absolute Gasteiger partial charge is 0.303 e. The molecule has 0 aromatic heterocycles. The molecule has 0 amide bonds. The van der Waals surface area contributed by atoms with Crippen LogP contribution in [0.3, 0.4) is 0 Å². The first-order valence-corrected chi connectivity index (χ1v) is 6.79. The van der Waals surface area contributed by atoms with Crippen LogP contribution in [0.25, 0.3) is 0 Å². The number of hydrogen-bond donors (Lipinski definition) is 0. The quantitative estimate of drug-likeness (QED) is 0.504. The molecular weight excluding hydrogens is 153 g/mol. The van der Waals surface area contributed by atoms with Crippen molar-refractivity contribution in [1.29, 1.82) is 0 Å². The molecule has 1 nitrogen and oxygen atoms in total. The van der Waals surface area contributed by atoms with E-state index >= 15 is 0 Å². The van der Waals surface area contributed by atoms with Crippen LogP contribution in [-0.4, -0.2) is 43.0 Å². The molecule has 0 aliphatic carbocycles. The van der Waals surface area contributed by atoms with E-state index in [1.165, 1.54) is 38.9 Å². The molecule has 0 saturated carbocycles. The molecule has 3 saturated heterocycles. The van der Waals surface area contributed by atoms with Crippen LogP contribution in [0, 0.1) is 0 Å². The minimum absolute atomic E-state index is 0.496. The first kappa shape index (κ1) is 8.01. The maximum Gasteiger partial charge on any atom is -0.00154 e. The Bertz CT molecular complexity index is 91.0. The molecule has 2 heteroatoms. The molecule has 0 N–H and O–H groups in total. The van der Waals surface area contributed by atoms with Gasteiger partial charge in [0.05, 0.1) is 0 Å². The van der Waals surface area contributed by atoms with Crippen molar-refractivity contribution < 1.29 is 0 Å². The smallest absolute Gasteiger partial charge is 0.00154 e. The maximum absolute atomic E-state index is 2.67. The molecule has 11 heavy (non-hydrogen) atoms. The third-order valence-corrected chi connectivity index (χ3v) is 5.69. The number of hydrogen-bond acceptors (Lipinski definition) is 1. The van der Waals surface area contributed by atoms with Crippen molar-refractivity contribution in [1.82, 2.24) is 4.90 Å². The summed E-state index contributed by atoms with van der Waals surface area (Å²) in [5, 5.41) is 0. The lowest BCUT2D eigenvalue weighted by molar-refractivity contribution is 0.270. The Hall–Kier alpha value is 0.390. The summed E-state index contributed by atoms with van der Waals surface area (Å²) >= 11 is 0. The van der Waals surface area contributed by atoms with Gasteiger partial charge in [-0.1, -0.05) is 0 Å². The highest BCUT2D eigenvalue weighted by atomic mass is 31.1. The van der Waals surface area contributed by atoms with Crippen molar-refractivity contribution in [2.45, 2.75) is 19.3 Å². The van der Waals surface area contributed by atoms with Crippen molar-refractivity contribution in [3.8, 4) is 0 Å². The highest BCUT2D eigenvalue weighted by molar-refractivity contribution is 7.57. The van der Waals surface area contributed by atoms with E-state index in [1.807, 2.05) is 0 Å². The van der Waals surface area contributed by atoms with Gasteiger partial charge in [-0.25, -0.2) is 0 Å². The van der Waals surface area contributed by atoms with Gasteiger partial charge in [-0.15, -0.1) is 7.92 Å². The van der Waals surface area contributed by atoms with E-state index in [1.54, 1.807) is 18.5 Å².